The number of aromatic amines is 1. The molecule has 1 aliphatic heterocycles. The molecular weight excluding hydrogens is 302 g/mol. The first-order valence-corrected chi connectivity index (χ1v) is 9.13. The highest BCUT2D eigenvalue weighted by atomic mass is 32.2. The maximum absolute atomic E-state index is 11.8. The molecule has 0 radical (unpaired) electrons. The summed E-state index contributed by atoms with van der Waals surface area (Å²) in [6.45, 7) is 0.807. The molecule has 2 heterocycles. The molecule has 2 aromatic rings. The lowest BCUT2D eigenvalue weighted by atomic mass is 10.1. The Bertz CT molecular complexity index is 749. The van der Waals surface area contributed by atoms with E-state index >= 15 is 0 Å². The van der Waals surface area contributed by atoms with Gasteiger partial charge in [-0.15, -0.1) is 0 Å². The largest absolute Gasteiger partial charge is 0.357 e. The summed E-state index contributed by atoms with van der Waals surface area (Å²) in [5.74, 6) is 0.439. The number of benzene rings is 1. The zero-order chi connectivity index (χ0) is 15.6. The first kappa shape index (κ1) is 14.9. The number of para-hydroxylation sites is 1. The van der Waals surface area contributed by atoms with E-state index in [9.17, 15) is 13.2 Å². The minimum absolute atomic E-state index is 0.0313. The number of urea groups is 1. The zero-order valence-electron chi connectivity index (χ0n) is 12.1. The molecule has 0 bridgehead atoms. The fourth-order valence-electron chi connectivity index (χ4n) is 2.74. The van der Waals surface area contributed by atoms with Gasteiger partial charge in [0.05, 0.1) is 18.1 Å². The minimum Gasteiger partial charge on any atom is -0.357 e. The predicted octanol–water partition coefficient (Wildman–Crippen LogP) is 1.40. The third-order valence-corrected chi connectivity index (χ3v) is 5.74. The Morgan fingerprint density at radius 1 is 1.27 bits per heavy atom. The van der Waals surface area contributed by atoms with Crippen molar-refractivity contribution in [1.82, 2.24) is 15.6 Å². The highest BCUT2D eigenvalue weighted by molar-refractivity contribution is 7.91. The number of rotatable bonds is 4. The second-order valence-corrected chi connectivity index (χ2v) is 7.94. The number of H-pyrrole nitrogens is 1. The van der Waals surface area contributed by atoms with Crippen LogP contribution in [0.2, 0.25) is 0 Å². The molecule has 118 valence electrons. The Morgan fingerprint density at radius 3 is 2.82 bits per heavy atom. The van der Waals surface area contributed by atoms with Crippen LogP contribution in [0.25, 0.3) is 10.9 Å². The summed E-state index contributed by atoms with van der Waals surface area (Å²) in [5, 5.41) is 6.62. The normalized spacial score (nSPS) is 20.1. The van der Waals surface area contributed by atoms with Crippen LogP contribution in [0.1, 0.15) is 12.1 Å². The van der Waals surface area contributed by atoms with Gasteiger partial charge in [0.25, 0.3) is 0 Å². The molecule has 1 aromatic carbocycles. The van der Waals surface area contributed by atoms with Crippen LogP contribution in [0.4, 0.5) is 4.79 Å². The zero-order valence-corrected chi connectivity index (χ0v) is 12.9. The van der Waals surface area contributed by atoms with Gasteiger partial charge in [-0.2, -0.15) is 0 Å². The van der Waals surface area contributed by atoms with E-state index in [2.05, 4.69) is 15.6 Å². The van der Waals surface area contributed by atoms with Crippen LogP contribution in [-0.4, -0.2) is 37.5 Å². The fourth-order valence-corrected chi connectivity index (χ4v) is 4.60. The minimum atomic E-state index is -2.89. The number of carbonyl (C=O) groups is 1. The lowest BCUT2D eigenvalue weighted by Crippen LogP contribution is -2.38. The number of hydrogen-bond acceptors (Lipinski definition) is 3. The number of nitrogens with one attached hydrogen (secondary N) is 3. The SMILES string of the molecule is O=C(NCc1cc2ccccc2[nH]1)NCC1CCS(=O)(=O)C1. The lowest BCUT2D eigenvalue weighted by Gasteiger charge is -2.10. The summed E-state index contributed by atoms with van der Waals surface area (Å²) in [6, 6.07) is 9.64. The Morgan fingerprint density at radius 2 is 2.09 bits per heavy atom. The molecule has 1 aromatic heterocycles. The van der Waals surface area contributed by atoms with E-state index in [0.29, 0.717) is 19.5 Å². The highest BCUT2D eigenvalue weighted by Gasteiger charge is 2.27. The van der Waals surface area contributed by atoms with Gasteiger partial charge >= 0.3 is 6.03 Å². The van der Waals surface area contributed by atoms with E-state index in [1.54, 1.807) is 0 Å². The third-order valence-electron chi connectivity index (χ3n) is 3.90. The molecule has 2 amide bonds. The van der Waals surface area contributed by atoms with E-state index < -0.39 is 9.84 Å². The van der Waals surface area contributed by atoms with Crippen molar-refractivity contribution in [3.63, 3.8) is 0 Å². The summed E-state index contributed by atoms with van der Waals surface area (Å²) in [7, 11) is -2.89. The Balaban J connectivity index is 1.46. The maximum Gasteiger partial charge on any atom is 0.315 e. The quantitative estimate of drug-likeness (QED) is 0.795. The number of aromatic nitrogens is 1. The molecule has 1 atom stereocenters. The van der Waals surface area contributed by atoms with Crippen LogP contribution < -0.4 is 10.6 Å². The van der Waals surface area contributed by atoms with Gasteiger partial charge < -0.3 is 15.6 Å². The average Bonchev–Trinajstić information content (AvgIpc) is 3.05. The standard InChI is InChI=1S/C15H19N3O3S/c19-15(16-8-11-5-6-22(20,21)10-11)17-9-13-7-12-3-1-2-4-14(12)18-13/h1-4,7,11,18H,5-6,8-10H2,(H2,16,17,19). The van der Waals surface area contributed by atoms with Gasteiger partial charge in [-0.05, 0) is 29.9 Å². The lowest BCUT2D eigenvalue weighted by molar-refractivity contribution is 0.239. The maximum atomic E-state index is 11.8. The summed E-state index contributed by atoms with van der Waals surface area (Å²) in [6.07, 6.45) is 0.630. The summed E-state index contributed by atoms with van der Waals surface area (Å²) in [5.41, 5.74) is 1.97. The van der Waals surface area contributed by atoms with Gasteiger partial charge in [0.1, 0.15) is 0 Å². The Hall–Kier alpha value is -2.02. The van der Waals surface area contributed by atoms with Crippen molar-refractivity contribution in [2.45, 2.75) is 13.0 Å². The molecule has 0 saturated carbocycles. The van der Waals surface area contributed by atoms with Crippen molar-refractivity contribution in [2.24, 2.45) is 5.92 Å². The number of carbonyl (C=O) groups excluding carboxylic acids is 1. The topological polar surface area (TPSA) is 91.1 Å². The van der Waals surface area contributed by atoms with Crippen LogP contribution >= 0.6 is 0 Å². The molecule has 0 aliphatic carbocycles. The second-order valence-electron chi connectivity index (χ2n) is 5.71. The molecule has 1 unspecified atom stereocenters. The summed E-state index contributed by atoms with van der Waals surface area (Å²) >= 11 is 0. The molecule has 3 N–H and O–H groups in total. The summed E-state index contributed by atoms with van der Waals surface area (Å²) < 4.78 is 22.7. The Labute approximate surface area is 129 Å². The molecule has 1 fully saturated rings. The first-order chi connectivity index (χ1) is 10.5. The predicted molar refractivity (Wildman–Crippen MR) is 85.3 cm³/mol. The van der Waals surface area contributed by atoms with Gasteiger partial charge in [-0.3, -0.25) is 0 Å². The van der Waals surface area contributed by atoms with Crippen LogP contribution in [0.3, 0.4) is 0 Å². The average molecular weight is 321 g/mol. The molecule has 6 nitrogen and oxygen atoms in total. The van der Waals surface area contributed by atoms with Crippen molar-refractivity contribution in [1.29, 1.82) is 0 Å². The van der Waals surface area contributed by atoms with Crippen molar-refractivity contribution in [3.8, 4) is 0 Å². The van der Waals surface area contributed by atoms with Gasteiger partial charge in [-0.1, -0.05) is 18.2 Å². The molecular formula is C15H19N3O3S. The molecule has 1 saturated heterocycles. The molecule has 0 spiro atoms. The highest BCUT2D eigenvalue weighted by Crippen LogP contribution is 2.17. The molecule has 1 aliphatic rings. The number of fused-ring (bicyclic) bond motifs is 1. The van der Waals surface area contributed by atoms with Crippen molar-refractivity contribution < 1.29 is 13.2 Å². The van der Waals surface area contributed by atoms with E-state index in [-0.39, 0.29) is 23.5 Å². The van der Waals surface area contributed by atoms with Crippen LogP contribution in [0.15, 0.2) is 30.3 Å². The van der Waals surface area contributed by atoms with E-state index in [0.717, 1.165) is 16.6 Å². The fraction of sp³-hybridized carbons (Fsp3) is 0.400. The van der Waals surface area contributed by atoms with E-state index in [4.69, 9.17) is 0 Å². The smallest absolute Gasteiger partial charge is 0.315 e. The second kappa shape index (κ2) is 6.00. The van der Waals surface area contributed by atoms with Crippen LogP contribution in [-0.2, 0) is 16.4 Å². The van der Waals surface area contributed by atoms with Crippen molar-refractivity contribution in [3.05, 3.63) is 36.0 Å². The van der Waals surface area contributed by atoms with Crippen LogP contribution in [0.5, 0.6) is 0 Å². The number of sulfone groups is 1. The first-order valence-electron chi connectivity index (χ1n) is 7.30. The molecule has 3 rings (SSSR count). The third kappa shape index (κ3) is 3.59. The summed E-state index contributed by atoms with van der Waals surface area (Å²) in [4.78, 5) is 15.0. The number of amides is 2. The van der Waals surface area contributed by atoms with Gasteiger partial charge in [-0.25, -0.2) is 13.2 Å². The Kier molecular flexibility index (Phi) is 4.06. The number of hydrogen-bond donors (Lipinski definition) is 3. The van der Waals surface area contributed by atoms with Gasteiger partial charge in [0.15, 0.2) is 9.84 Å². The van der Waals surface area contributed by atoms with E-state index in [1.807, 2.05) is 30.3 Å². The van der Waals surface area contributed by atoms with Crippen molar-refractivity contribution in [2.75, 3.05) is 18.1 Å². The van der Waals surface area contributed by atoms with Crippen LogP contribution in [0, 0.1) is 5.92 Å². The van der Waals surface area contributed by atoms with E-state index in [1.165, 1.54) is 0 Å². The monoisotopic (exact) mass is 321 g/mol. The van der Waals surface area contributed by atoms with Gasteiger partial charge in [0.2, 0.25) is 0 Å². The molecule has 22 heavy (non-hydrogen) atoms. The van der Waals surface area contributed by atoms with Gasteiger partial charge in [0, 0.05) is 17.8 Å². The molecule has 7 heteroatoms. The van der Waals surface area contributed by atoms with Crippen molar-refractivity contribution >= 4 is 26.8 Å².